The fourth-order valence-corrected chi connectivity index (χ4v) is 5.64. The van der Waals surface area contributed by atoms with Crippen LogP contribution in [0, 0.1) is 17.6 Å². The van der Waals surface area contributed by atoms with Crippen LogP contribution in [0.15, 0.2) is 18.2 Å². The summed E-state index contributed by atoms with van der Waals surface area (Å²) in [5.41, 5.74) is 1.26. The number of likely N-dealkylation sites (tertiary alicyclic amines) is 1. The summed E-state index contributed by atoms with van der Waals surface area (Å²) in [6.07, 6.45) is 4.58. The van der Waals surface area contributed by atoms with E-state index >= 15 is 0 Å². The Bertz CT molecular complexity index is 1060. The van der Waals surface area contributed by atoms with Gasteiger partial charge in [-0.15, -0.1) is 11.3 Å². The van der Waals surface area contributed by atoms with E-state index in [0.717, 1.165) is 48.3 Å². The van der Waals surface area contributed by atoms with Crippen LogP contribution in [0.4, 0.5) is 13.8 Å². The number of benzene rings is 1. The van der Waals surface area contributed by atoms with E-state index in [9.17, 15) is 23.2 Å². The number of esters is 1. The van der Waals surface area contributed by atoms with Gasteiger partial charge in [-0.2, -0.15) is 0 Å². The molecule has 4 rings (SSSR count). The van der Waals surface area contributed by atoms with Crippen molar-refractivity contribution in [2.75, 3.05) is 25.5 Å². The van der Waals surface area contributed by atoms with E-state index in [1.807, 2.05) is 0 Å². The molecule has 0 radical (unpaired) electrons. The van der Waals surface area contributed by atoms with Crippen molar-refractivity contribution >= 4 is 34.1 Å². The maximum atomic E-state index is 13.9. The first-order chi connectivity index (χ1) is 15.4. The van der Waals surface area contributed by atoms with E-state index < -0.39 is 23.5 Å². The first kappa shape index (κ1) is 22.4. The molecule has 2 heterocycles. The van der Waals surface area contributed by atoms with Gasteiger partial charge in [0.15, 0.2) is 0 Å². The van der Waals surface area contributed by atoms with E-state index in [-0.39, 0.29) is 17.4 Å². The third kappa shape index (κ3) is 4.39. The van der Waals surface area contributed by atoms with E-state index in [1.165, 1.54) is 23.3 Å². The van der Waals surface area contributed by atoms with E-state index in [4.69, 9.17) is 4.74 Å². The maximum Gasteiger partial charge on any atom is 0.341 e. The zero-order valence-electron chi connectivity index (χ0n) is 17.7. The number of anilines is 1. The number of rotatable bonds is 4. The lowest BCUT2D eigenvalue weighted by Gasteiger charge is -2.31. The minimum absolute atomic E-state index is 0.179. The predicted octanol–water partition coefficient (Wildman–Crippen LogP) is 4.18. The van der Waals surface area contributed by atoms with Crippen molar-refractivity contribution < 1.29 is 27.9 Å². The van der Waals surface area contributed by atoms with Crippen molar-refractivity contribution in [2.45, 2.75) is 38.5 Å². The Morgan fingerprint density at radius 3 is 2.53 bits per heavy atom. The van der Waals surface area contributed by atoms with E-state index in [1.54, 1.807) is 0 Å². The first-order valence-corrected chi connectivity index (χ1v) is 11.5. The van der Waals surface area contributed by atoms with Gasteiger partial charge in [0.05, 0.1) is 18.2 Å². The van der Waals surface area contributed by atoms with Gasteiger partial charge >= 0.3 is 5.97 Å². The molecule has 9 heteroatoms. The van der Waals surface area contributed by atoms with Crippen LogP contribution in [0.3, 0.4) is 0 Å². The van der Waals surface area contributed by atoms with Crippen LogP contribution in [0.1, 0.15) is 56.8 Å². The quantitative estimate of drug-likeness (QED) is 0.692. The molecule has 0 unspecified atom stereocenters. The molecule has 1 aromatic heterocycles. The van der Waals surface area contributed by atoms with Gasteiger partial charge in [-0.3, -0.25) is 9.59 Å². The number of fused-ring (bicyclic) bond motifs is 1. The van der Waals surface area contributed by atoms with Gasteiger partial charge in [0, 0.05) is 30.0 Å². The molecule has 2 aliphatic rings. The molecule has 1 aliphatic heterocycles. The number of thiophene rings is 1. The number of carbonyl (C=O) groups is 3. The number of aryl methyl sites for hydroxylation is 1. The van der Waals surface area contributed by atoms with Crippen LogP contribution < -0.4 is 5.32 Å². The molecule has 0 spiro atoms. The Labute approximate surface area is 188 Å². The molecule has 32 heavy (non-hydrogen) atoms. The van der Waals surface area contributed by atoms with Gasteiger partial charge in [-0.25, -0.2) is 13.6 Å². The number of amides is 2. The zero-order chi connectivity index (χ0) is 22.8. The predicted molar refractivity (Wildman–Crippen MR) is 116 cm³/mol. The molecule has 0 atom stereocenters. The first-order valence-electron chi connectivity index (χ1n) is 10.7. The molecule has 170 valence electrons. The normalized spacial score (nSPS) is 16.4. The summed E-state index contributed by atoms with van der Waals surface area (Å²) < 4.78 is 32.0. The van der Waals surface area contributed by atoms with Gasteiger partial charge in [0.2, 0.25) is 5.91 Å². The van der Waals surface area contributed by atoms with Crippen molar-refractivity contribution in [3.8, 4) is 0 Å². The van der Waals surface area contributed by atoms with E-state index in [2.05, 4.69) is 5.32 Å². The molecule has 0 bridgehead atoms. The third-order valence-electron chi connectivity index (χ3n) is 6.11. The Balaban J connectivity index is 1.42. The summed E-state index contributed by atoms with van der Waals surface area (Å²) in [4.78, 5) is 40.5. The molecule has 6 nitrogen and oxygen atoms in total. The fraction of sp³-hybridized carbons (Fsp3) is 0.435. The molecule has 1 saturated heterocycles. The molecule has 1 N–H and O–H groups in total. The lowest BCUT2D eigenvalue weighted by atomic mass is 9.94. The number of nitrogens with one attached hydrogen (secondary N) is 1. The Morgan fingerprint density at radius 2 is 1.84 bits per heavy atom. The van der Waals surface area contributed by atoms with Gasteiger partial charge in [-0.05, 0) is 56.2 Å². The maximum absolute atomic E-state index is 13.9. The van der Waals surface area contributed by atoms with Crippen LogP contribution in [-0.4, -0.2) is 42.9 Å². The zero-order valence-corrected chi connectivity index (χ0v) is 18.5. The smallest absolute Gasteiger partial charge is 0.341 e. The third-order valence-corrected chi connectivity index (χ3v) is 7.32. The second kappa shape index (κ2) is 9.36. The number of carbonyl (C=O) groups excluding carboxylic acids is 3. The summed E-state index contributed by atoms with van der Waals surface area (Å²) in [6, 6.07) is 2.88. The van der Waals surface area contributed by atoms with Crippen LogP contribution in [-0.2, 0) is 22.4 Å². The Hall–Kier alpha value is -2.81. The molecule has 1 aromatic carbocycles. The van der Waals surface area contributed by atoms with Gasteiger partial charge in [0.25, 0.3) is 5.91 Å². The van der Waals surface area contributed by atoms with Gasteiger partial charge in [-0.1, -0.05) is 0 Å². The fourth-order valence-electron chi connectivity index (χ4n) is 4.36. The number of ether oxygens (including phenoxy) is 1. The van der Waals surface area contributed by atoms with Crippen molar-refractivity contribution in [2.24, 2.45) is 5.92 Å². The van der Waals surface area contributed by atoms with Crippen LogP contribution in [0.25, 0.3) is 0 Å². The molecule has 1 fully saturated rings. The van der Waals surface area contributed by atoms with Gasteiger partial charge in [0.1, 0.15) is 16.6 Å². The second-order valence-corrected chi connectivity index (χ2v) is 9.19. The van der Waals surface area contributed by atoms with Crippen molar-refractivity contribution in [1.82, 2.24) is 4.90 Å². The van der Waals surface area contributed by atoms with Crippen molar-refractivity contribution in [1.29, 1.82) is 0 Å². The lowest BCUT2D eigenvalue weighted by molar-refractivity contribution is -0.121. The summed E-state index contributed by atoms with van der Waals surface area (Å²) >= 11 is 1.43. The van der Waals surface area contributed by atoms with Crippen LogP contribution >= 0.6 is 11.3 Å². The number of hydrogen-bond donors (Lipinski definition) is 1. The molecule has 2 aromatic rings. The number of piperidine rings is 1. The Kier molecular flexibility index (Phi) is 6.55. The second-order valence-electron chi connectivity index (χ2n) is 8.09. The summed E-state index contributed by atoms with van der Waals surface area (Å²) in [6.45, 7) is 0.580. The Morgan fingerprint density at radius 1 is 1.12 bits per heavy atom. The highest BCUT2D eigenvalue weighted by Gasteiger charge is 2.32. The summed E-state index contributed by atoms with van der Waals surface area (Å²) in [7, 11) is 1.33. The molecular weight excluding hydrogens is 438 g/mol. The highest BCUT2D eigenvalue weighted by molar-refractivity contribution is 7.17. The van der Waals surface area contributed by atoms with Crippen molar-refractivity contribution in [3.63, 3.8) is 0 Å². The average Bonchev–Trinajstić information content (AvgIpc) is 3.16. The summed E-state index contributed by atoms with van der Waals surface area (Å²) in [5.74, 6) is -3.12. The highest BCUT2D eigenvalue weighted by Crippen LogP contribution is 2.39. The molecular formula is C23H24F2N2O4S. The van der Waals surface area contributed by atoms with Crippen molar-refractivity contribution in [3.05, 3.63) is 51.4 Å². The molecule has 0 saturated carbocycles. The average molecular weight is 463 g/mol. The monoisotopic (exact) mass is 462 g/mol. The summed E-state index contributed by atoms with van der Waals surface area (Å²) in [5, 5.41) is 3.45. The number of nitrogens with zero attached hydrogens (tertiary/aromatic N) is 1. The SMILES string of the molecule is COC(=O)c1c(NC(=O)C2CCN(C(=O)c3ccc(F)cc3F)CC2)sc2c1CCCC2. The minimum Gasteiger partial charge on any atom is -0.465 e. The topological polar surface area (TPSA) is 75.7 Å². The number of methoxy groups -OCH3 is 1. The lowest BCUT2D eigenvalue weighted by Crippen LogP contribution is -2.41. The molecule has 2 amide bonds. The van der Waals surface area contributed by atoms with Gasteiger partial charge < -0.3 is 15.0 Å². The van der Waals surface area contributed by atoms with E-state index in [0.29, 0.717) is 42.6 Å². The van der Waals surface area contributed by atoms with Crippen LogP contribution in [0.5, 0.6) is 0 Å². The highest BCUT2D eigenvalue weighted by atomic mass is 32.1. The minimum atomic E-state index is -0.896. The standard InChI is InChI=1S/C23H24F2N2O4S/c1-31-23(30)19-16-4-2-3-5-18(16)32-21(19)26-20(28)13-8-10-27(11-9-13)22(29)15-7-6-14(24)12-17(15)25/h6-7,12-13H,2-5,8-11H2,1H3,(H,26,28). The van der Waals surface area contributed by atoms with Crippen LogP contribution in [0.2, 0.25) is 0 Å². The molecule has 1 aliphatic carbocycles. The largest absolute Gasteiger partial charge is 0.465 e. The number of hydrogen-bond acceptors (Lipinski definition) is 5. The number of halogens is 2.